The highest BCUT2D eigenvalue weighted by atomic mass is 19.4. The molecule has 0 aliphatic carbocycles. The van der Waals surface area contributed by atoms with E-state index in [-0.39, 0.29) is 29.2 Å². The Morgan fingerprint density at radius 3 is 2.30 bits per heavy atom. The van der Waals surface area contributed by atoms with Crippen LogP contribution < -0.4 is 5.32 Å². The fourth-order valence-electron chi connectivity index (χ4n) is 2.82. The van der Waals surface area contributed by atoms with Crippen LogP contribution in [0.15, 0.2) is 54.6 Å². The van der Waals surface area contributed by atoms with Crippen LogP contribution in [-0.4, -0.2) is 15.7 Å². The summed E-state index contributed by atoms with van der Waals surface area (Å²) in [6.45, 7) is 6.02. The molecule has 158 valence electrons. The van der Waals surface area contributed by atoms with Gasteiger partial charge in [-0.15, -0.1) is 0 Å². The zero-order valence-electron chi connectivity index (χ0n) is 16.7. The monoisotopic (exact) mass is 419 g/mol. The third-order valence-corrected chi connectivity index (χ3v) is 4.47. The molecule has 1 amide bonds. The lowest BCUT2D eigenvalue weighted by Gasteiger charge is -2.14. The summed E-state index contributed by atoms with van der Waals surface area (Å²) in [5.41, 5.74) is 0.407. The van der Waals surface area contributed by atoms with E-state index in [1.165, 1.54) is 28.9 Å². The molecular weight excluding hydrogens is 398 g/mol. The Morgan fingerprint density at radius 1 is 1.03 bits per heavy atom. The van der Waals surface area contributed by atoms with Crippen molar-refractivity contribution in [2.75, 3.05) is 5.32 Å². The van der Waals surface area contributed by atoms with E-state index in [4.69, 9.17) is 0 Å². The van der Waals surface area contributed by atoms with Gasteiger partial charge in [0, 0.05) is 11.1 Å². The zero-order valence-corrected chi connectivity index (χ0v) is 16.7. The van der Waals surface area contributed by atoms with Crippen LogP contribution in [-0.2, 0) is 18.1 Å². The van der Waals surface area contributed by atoms with Crippen molar-refractivity contribution in [3.63, 3.8) is 0 Å². The molecule has 1 heterocycles. The van der Waals surface area contributed by atoms with Gasteiger partial charge >= 0.3 is 6.18 Å². The van der Waals surface area contributed by atoms with Gasteiger partial charge in [-0.3, -0.25) is 9.48 Å². The average Bonchev–Trinajstić information content (AvgIpc) is 3.07. The maximum atomic E-state index is 13.2. The van der Waals surface area contributed by atoms with E-state index < -0.39 is 17.6 Å². The number of amides is 1. The first-order valence-corrected chi connectivity index (χ1v) is 9.25. The molecule has 2 aromatic carbocycles. The van der Waals surface area contributed by atoms with Crippen molar-refractivity contribution < 1.29 is 22.4 Å². The van der Waals surface area contributed by atoms with Crippen LogP contribution >= 0.6 is 0 Å². The second-order valence-electron chi connectivity index (χ2n) is 7.98. The zero-order chi connectivity index (χ0) is 22.1. The summed E-state index contributed by atoms with van der Waals surface area (Å²) in [6.07, 6.45) is -4.51. The van der Waals surface area contributed by atoms with E-state index in [1.807, 2.05) is 20.8 Å². The summed E-state index contributed by atoms with van der Waals surface area (Å²) >= 11 is 0. The molecule has 0 bridgehead atoms. The van der Waals surface area contributed by atoms with Crippen LogP contribution in [0.1, 0.15) is 48.1 Å². The highest BCUT2D eigenvalue weighted by Gasteiger charge is 2.30. The van der Waals surface area contributed by atoms with Crippen molar-refractivity contribution in [3.8, 4) is 0 Å². The fourth-order valence-corrected chi connectivity index (χ4v) is 2.82. The maximum Gasteiger partial charge on any atom is 0.416 e. The lowest BCUT2D eigenvalue weighted by molar-refractivity contribution is -0.137. The predicted molar refractivity (Wildman–Crippen MR) is 106 cm³/mol. The number of halogens is 4. The molecule has 1 N–H and O–H groups in total. The minimum Gasteiger partial charge on any atom is -0.321 e. The topological polar surface area (TPSA) is 46.9 Å². The number of carbonyl (C=O) groups excluding carboxylic acids is 1. The first kappa shape index (κ1) is 21.5. The molecular formula is C22H21F4N3O. The number of anilines is 1. The van der Waals surface area contributed by atoms with Crippen molar-refractivity contribution in [2.24, 2.45) is 0 Å². The smallest absolute Gasteiger partial charge is 0.321 e. The van der Waals surface area contributed by atoms with E-state index >= 15 is 0 Å². The summed E-state index contributed by atoms with van der Waals surface area (Å²) in [6, 6.07) is 11.8. The minimum atomic E-state index is -4.51. The van der Waals surface area contributed by atoms with Crippen molar-refractivity contribution in [1.82, 2.24) is 9.78 Å². The molecule has 0 saturated carbocycles. The van der Waals surface area contributed by atoms with Gasteiger partial charge in [-0.2, -0.15) is 18.3 Å². The number of benzene rings is 2. The lowest BCUT2D eigenvalue weighted by atomic mass is 9.92. The van der Waals surface area contributed by atoms with Gasteiger partial charge in [0.15, 0.2) is 0 Å². The van der Waals surface area contributed by atoms with Gasteiger partial charge in [0.1, 0.15) is 11.5 Å². The average molecular weight is 419 g/mol. The van der Waals surface area contributed by atoms with E-state index in [1.54, 1.807) is 18.2 Å². The Bertz CT molecular complexity index is 1050. The Morgan fingerprint density at radius 2 is 1.70 bits per heavy atom. The van der Waals surface area contributed by atoms with Crippen molar-refractivity contribution in [1.29, 1.82) is 0 Å². The molecule has 3 aromatic rings. The predicted octanol–water partition coefficient (Wildman–Crippen LogP) is 5.64. The van der Waals surface area contributed by atoms with Gasteiger partial charge in [0.05, 0.1) is 17.8 Å². The number of aromatic nitrogens is 2. The molecule has 8 heteroatoms. The van der Waals surface area contributed by atoms with Gasteiger partial charge < -0.3 is 5.32 Å². The normalized spacial score (nSPS) is 12.1. The molecule has 0 fully saturated rings. The van der Waals surface area contributed by atoms with E-state index in [2.05, 4.69) is 10.4 Å². The molecule has 0 saturated heterocycles. The lowest BCUT2D eigenvalue weighted by Crippen LogP contribution is -2.19. The standard InChI is InChI=1S/C22H21F4N3O/c1-21(2,3)19-12-18(29(28-19)13-14-7-9-16(23)10-8-14)20(30)27-17-6-4-5-15(11-17)22(24,25)26/h4-12H,13H2,1-3H3,(H,27,30). The Hall–Kier alpha value is -3.16. The van der Waals surface area contributed by atoms with Crippen molar-refractivity contribution in [2.45, 2.75) is 38.9 Å². The molecule has 0 aliphatic rings. The van der Waals surface area contributed by atoms with Gasteiger partial charge in [-0.05, 0) is 42.0 Å². The Labute approximate surface area is 171 Å². The van der Waals surface area contributed by atoms with Gasteiger partial charge in [0.25, 0.3) is 5.91 Å². The number of rotatable bonds is 4. The Balaban J connectivity index is 1.92. The van der Waals surface area contributed by atoms with Crippen LogP contribution in [0.2, 0.25) is 0 Å². The molecule has 0 spiro atoms. The fraction of sp³-hybridized carbons (Fsp3) is 0.273. The van der Waals surface area contributed by atoms with Gasteiger partial charge in [-0.25, -0.2) is 4.39 Å². The summed E-state index contributed by atoms with van der Waals surface area (Å²) in [5.74, 6) is -0.962. The number of hydrogen-bond acceptors (Lipinski definition) is 2. The number of nitrogens with zero attached hydrogens (tertiary/aromatic N) is 2. The number of nitrogens with one attached hydrogen (secondary N) is 1. The second-order valence-corrected chi connectivity index (χ2v) is 7.98. The Kier molecular flexibility index (Phi) is 5.70. The molecule has 30 heavy (non-hydrogen) atoms. The summed E-state index contributed by atoms with van der Waals surface area (Å²) in [4.78, 5) is 12.9. The number of alkyl halides is 3. The second kappa shape index (κ2) is 7.93. The molecule has 1 aromatic heterocycles. The first-order chi connectivity index (χ1) is 13.9. The van der Waals surface area contributed by atoms with Crippen molar-refractivity contribution in [3.05, 3.63) is 82.9 Å². The van der Waals surface area contributed by atoms with Gasteiger partial charge in [-0.1, -0.05) is 39.0 Å². The van der Waals surface area contributed by atoms with Crippen molar-refractivity contribution >= 4 is 11.6 Å². The highest BCUT2D eigenvalue weighted by molar-refractivity contribution is 6.03. The maximum absolute atomic E-state index is 13.2. The minimum absolute atomic E-state index is 0.0293. The van der Waals surface area contributed by atoms with Crippen LogP contribution in [0.3, 0.4) is 0 Å². The largest absolute Gasteiger partial charge is 0.416 e. The molecule has 3 rings (SSSR count). The molecule has 4 nitrogen and oxygen atoms in total. The van der Waals surface area contributed by atoms with E-state index in [0.717, 1.165) is 17.7 Å². The SMILES string of the molecule is CC(C)(C)c1cc(C(=O)Nc2cccc(C(F)(F)F)c2)n(Cc2ccc(F)cc2)n1. The highest BCUT2D eigenvalue weighted by Crippen LogP contribution is 2.31. The molecule has 0 atom stereocenters. The summed E-state index contributed by atoms with van der Waals surface area (Å²) < 4.78 is 53.5. The first-order valence-electron chi connectivity index (χ1n) is 9.25. The molecule has 0 radical (unpaired) electrons. The third-order valence-electron chi connectivity index (χ3n) is 4.47. The summed E-state index contributed by atoms with van der Waals surface area (Å²) in [7, 11) is 0. The van der Waals surface area contributed by atoms with E-state index in [0.29, 0.717) is 5.69 Å². The quantitative estimate of drug-likeness (QED) is 0.557. The number of hydrogen-bond donors (Lipinski definition) is 1. The van der Waals surface area contributed by atoms with Crippen LogP contribution in [0.4, 0.5) is 23.2 Å². The van der Waals surface area contributed by atoms with Crippen LogP contribution in [0.5, 0.6) is 0 Å². The van der Waals surface area contributed by atoms with E-state index in [9.17, 15) is 22.4 Å². The van der Waals surface area contributed by atoms with Gasteiger partial charge in [0.2, 0.25) is 0 Å². The number of carbonyl (C=O) groups is 1. The molecule has 0 unspecified atom stereocenters. The molecule has 0 aliphatic heterocycles. The van der Waals surface area contributed by atoms with Crippen LogP contribution in [0, 0.1) is 5.82 Å². The summed E-state index contributed by atoms with van der Waals surface area (Å²) in [5, 5.41) is 7.01. The third kappa shape index (κ3) is 5.06. The van der Waals surface area contributed by atoms with Crippen LogP contribution in [0.25, 0.3) is 0 Å².